The molecule has 1 atom stereocenters. The summed E-state index contributed by atoms with van der Waals surface area (Å²) in [5.41, 5.74) is 6.74. The normalized spacial score (nSPS) is 12.4. The Morgan fingerprint density at radius 3 is 2.75 bits per heavy atom. The number of nitrogens with two attached hydrogens (primary N) is 1. The summed E-state index contributed by atoms with van der Waals surface area (Å²) < 4.78 is 5.21. The van der Waals surface area contributed by atoms with Crippen LogP contribution in [0.5, 0.6) is 11.5 Å². The SMILES string of the molecule is COc1cccc(O)c1[C@@H](N)c1cccs1. The summed E-state index contributed by atoms with van der Waals surface area (Å²) in [5, 5.41) is 11.8. The van der Waals surface area contributed by atoms with Crippen LogP contribution in [-0.2, 0) is 0 Å². The first-order valence-corrected chi connectivity index (χ1v) is 5.77. The molecule has 0 spiro atoms. The predicted octanol–water partition coefficient (Wildman–Crippen LogP) is 2.51. The molecule has 1 heterocycles. The van der Waals surface area contributed by atoms with Crippen molar-refractivity contribution in [3.05, 3.63) is 46.2 Å². The highest BCUT2D eigenvalue weighted by Gasteiger charge is 2.18. The Morgan fingerprint density at radius 1 is 1.31 bits per heavy atom. The van der Waals surface area contributed by atoms with Crippen LogP contribution in [0.4, 0.5) is 0 Å². The lowest BCUT2D eigenvalue weighted by Gasteiger charge is -2.15. The topological polar surface area (TPSA) is 55.5 Å². The van der Waals surface area contributed by atoms with Gasteiger partial charge < -0.3 is 15.6 Å². The van der Waals surface area contributed by atoms with Gasteiger partial charge in [-0.25, -0.2) is 0 Å². The number of ether oxygens (including phenoxy) is 1. The number of aromatic hydroxyl groups is 1. The van der Waals surface area contributed by atoms with E-state index in [1.807, 2.05) is 17.5 Å². The summed E-state index contributed by atoms with van der Waals surface area (Å²) in [6.07, 6.45) is 0. The van der Waals surface area contributed by atoms with Gasteiger partial charge in [-0.15, -0.1) is 11.3 Å². The highest BCUT2D eigenvalue weighted by Crippen LogP contribution is 2.36. The van der Waals surface area contributed by atoms with E-state index in [1.54, 1.807) is 36.6 Å². The third kappa shape index (κ3) is 1.89. The lowest BCUT2D eigenvalue weighted by atomic mass is 10.0. The smallest absolute Gasteiger partial charge is 0.127 e. The molecule has 3 N–H and O–H groups in total. The predicted molar refractivity (Wildman–Crippen MR) is 65.0 cm³/mol. The van der Waals surface area contributed by atoms with Crippen LogP contribution in [0.15, 0.2) is 35.7 Å². The van der Waals surface area contributed by atoms with Crippen molar-refractivity contribution in [1.82, 2.24) is 0 Å². The van der Waals surface area contributed by atoms with Gasteiger partial charge in [0.2, 0.25) is 0 Å². The fraction of sp³-hybridized carbons (Fsp3) is 0.167. The highest BCUT2D eigenvalue weighted by molar-refractivity contribution is 7.10. The Labute approximate surface area is 98.1 Å². The number of phenolic OH excluding ortho intramolecular Hbond substituents is 1. The lowest BCUT2D eigenvalue weighted by molar-refractivity contribution is 0.397. The van der Waals surface area contributed by atoms with E-state index in [1.165, 1.54) is 0 Å². The van der Waals surface area contributed by atoms with Gasteiger partial charge in [0.05, 0.1) is 18.7 Å². The van der Waals surface area contributed by atoms with Gasteiger partial charge in [0.25, 0.3) is 0 Å². The Hall–Kier alpha value is -1.52. The van der Waals surface area contributed by atoms with Crippen molar-refractivity contribution in [3.8, 4) is 11.5 Å². The number of thiophene rings is 1. The fourth-order valence-corrected chi connectivity index (χ4v) is 2.37. The number of rotatable bonds is 3. The summed E-state index contributed by atoms with van der Waals surface area (Å²) in [6.45, 7) is 0. The van der Waals surface area contributed by atoms with Crippen LogP contribution in [-0.4, -0.2) is 12.2 Å². The van der Waals surface area contributed by atoms with Crippen LogP contribution in [0.25, 0.3) is 0 Å². The van der Waals surface area contributed by atoms with Crippen LogP contribution in [0.3, 0.4) is 0 Å². The van der Waals surface area contributed by atoms with Crippen molar-refractivity contribution in [2.45, 2.75) is 6.04 Å². The van der Waals surface area contributed by atoms with Gasteiger partial charge in [0.15, 0.2) is 0 Å². The van der Waals surface area contributed by atoms with E-state index in [0.717, 1.165) is 4.88 Å². The first-order chi connectivity index (χ1) is 7.74. The minimum Gasteiger partial charge on any atom is -0.507 e. The number of phenols is 1. The molecule has 0 bridgehead atoms. The van der Waals surface area contributed by atoms with Crippen LogP contribution >= 0.6 is 11.3 Å². The number of hydrogen-bond acceptors (Lipinski definition) is 4. The second-order valence-corrected chi connectivity index (χ2v) is 4.37. The maximum Gasteiger partial charge on any atom is 0.127 e. The summed E-state index contributed by atoms with van der Waals surface area (Å²) in [7, 11) is 1.57. The van der Waals surface area contributed by atoms with Gasteiger partial charge in [-0.2, -0.15) is 0 Å². The van der Waals surface area contributed by atoms with Crippen LogP contribution in [0, 0.1) is 0 Å². The number of methoxy groups -OCH3 is 1. The molecule has 16 heavy (non-hydrogen) atoms. The molecule has 0 fully saturated rings. The van der Waals surface area contributed by atoms with Crippen LogP contribution in [0.1, 0.15) is 16.5 Å². The van der Waals surface area contributed by atoms with E-state index in [2.05, 4.69) is 0 Å². The molecule has 0 aliphatic heterocycles. The van der Waals surface area contributed by atoms with Crippen molar-refractivity contribution in [2.75, 3.05) is 7.11 Å². The zero-order valence-corrected chi connectivity index (χ0v) is 9.70. The summed E-state index contributed by atoms with van der Waals surface area (Å²) in [4.78, 5) is 1.000. The maximum absolute atomic E-state index is 9.84. The standard InChI is InChI=1S/C12H13NO2S/c1-15-9-5-2-4-8(14)11(9)12(13)10-6-3-7-16-10/h2-7,12,14H,13H2,1H3/t12-/m0/s1. The zero-order chi connectivity index (χ0) is 11.5. The molecule has 0 amide bonds. The first-order valence-electron chi connectivity index (χ1n) is 4.89. The molecule has 1 aromatic carbocycles. The monoisotopic (exact) mass is 235 g/mol. The van der Waals surface area contributed by atoms with Gasteiger partial charge in [-0.1, -0.05) is 12.1 Å². The van der Waals surface area contributed by atoms with Crippen molar-refractivity contribution in [1.29, 1.82) is 0 Å². The molecule has 0 saturated heterocycles. The molecule has 0 radical (unpaired) electrons. The Morgan fingerprint density at radius 2 is 2.12 bits per heavy atom. The first kappa shape index (κ1) is 11.0. The van der Waals surface area contributed by atoms with E-state index in [4.69, 9.17) is 10.5 Å². The highest BCUT2D eigenvalue weighted by atomic mass is 32.1. The van der Waals surface area contributed by atoms with Crippen LogP contribution in [0.2, 0.25) is 0 Å². The minimum atomic E-state index is -0.351. The number of benzene rings is 1. The summed E-state index contributed by atoms with van der Waals surface area (Å²) >= 11 is 1.56. The van der Waals surface area contributed by atoms with E-state index >= 15 is 0 Å². The summed E-state index contributed by atoms with van der Waals surface area (Å²) in [5.74, 6) is 0.779. The Balaban J connectivity index is 2.47. The van der Waals surface area contributed by atoms with E-state index in [9.17, 15) is 5.11 Å². The van der Waals surface area contributed by atoms with Gasteiger partial charge in [0.1, 0.15) is 11.5 Å². The molecular formula is C12H13NO2S. The lowest BCUT2D eigenvalue weighted by Crippen LogP contribution is -2.11. The molecule has 1 aromatic heterocycles. The van der Waals surface area contributed by atoms with Crippen molar-refractivity contribution >= 4 is 11.3 Å². The molecule has 0 saturated carbocycles. The van der Waals surface area contributed by atoms with Gasteiger partial charge in [-0.05, 0) is 23.6 Å². The third-order valence-corrected chi connectivity index (χ3v) is 3.38. The molecule has 2 aromatic rings. The molecule has 0 aliphatic rings. The van der Waals surface area contributed by atoms with E-state index in [-0.39, 0.29) is 11.8 Å². The van der Waals surface area contributed by atoms with Crippen LogP contribution < -0.4 is 10.5 Å². The molecule has 2 rings (SSSR count). The molecular weight excluding hydrogens is 222 g/mol. The number of hydrogen-bond donors (Lipinski definition) is 2. The molecule has 3 nitrogen and oxygen atoms in total. The van der Waals surface area contributed by atoms with Crippen molar-refractivity contribution in [3.63, 3.8) is 0 Å². The second kappa shape index (κ2) is 4.55. The molecule has 84 valence electrons. The Bertz CT molecular complexity index is 468. The average Bonchev–Trinajstić information content (AvgIpc) is 2.81. The largest absolute Gasteiger partial charge is 0.507 e. The third-order valence-electron chi connectivity index (χ3n) is 2.42. The van der Waals surface area contributed by atoms with Gasteiger partial charge in [0, 0.05) is 4.88 Å². The fourth-order valence-electron chi connectivity index (χ4n) is 1.63. The molecule has 4 heteroatoms. The van der Waals surface area contributed by atoms with Crippen molar-refractivity contribution < 1.29 is 9.84 Å². The quantitative estimate of drug-likeness (QED) is 0.859. The van der Waals surface area contributed by atoms with E-state index in [0.29, 0.717) is 11.3 Å². The Kier molecular flexibility index (Phi) is 3.12. The van der Waals surface area contributed by atoms with Gasteiger partial charge >= 0.3 is 0 Å². The summed E-state index contributed by atoms with van der Waals surface area (Å²) in [6, 6.07) is 8.68. The van der Waals surface area contributed by atoms with E-state index < -0.39 is 0 Å². The second-order valence-electron chi connectivity index (χ2n) is 3.39. The molecule has 0 aliphatic carbocycles. The maximum atomic E-state index is 9.84. The zero-order valence-electron chi connectivity index (χ0n) is 8.88. The molecule has 0 unspecified atom stereocenters. The minimum absolute atomic E-state index is 0.167. The van der Waals surface area contributed by atoms with Crippen molar-refractivity contribution in [2.24, 2.45) is 5.73 Å². The van der Waals surface area contributed by atoms with Gasteiger partial charge in [-0.3, -0.25) is 0 Å². The average molecular weight is 235 g/mol.